The molecule has 0 fully saturated rings. The van der Waals surface area contributed by atoms with E-state index in [1.165, 1.54) is 5.56 Å². The Hall–Kier alpha value is -3.18. The van der Waals surface area contributed by atoms with Crippen LogP contribution in [-0.4, -0.2) is 36.4 Å². The zero-order valence-electron chi connectivity index (χ0n) is 18.1. The summed E-state index contributed by atoms with van der Waals surface area (Å²) in [6.45, 7) is 0.913. The molecule has 31 heavy (non-hydrogen) atoms. The van der Waals surface area contributed by atoms with Gasteiger partial charge in [0.2, 0.25) is 11.8 Å². The zero-order chi connectivity index (χ0) is 21.6. The predicted octanol–water partition coefficient (Wildman–Crippen LogP) is 4.82. The van der Waals surface area contributed by atoms with Crippen molar-refractivity contribution in [1.82, 2.24) is 9.88 Å². The van der Waals surface area contributed by atoms with Crippen LogP contribution in [-0.2, 0) is 11.2 Å². The second kappa shape index (κ2) is 9.75. The maximum Gasteiger partial charge on any atom is 0.231 e. The van der Waals surface area contributed by atoms with E-state index < -0.39 is 0 Å². The van der Waals surface area contributed by atoms with Gasteiger partial charge in [-0.2, -0.15) is 0 Å². The molecular weight excluding hydrogens is 386 g/mol. The van der Waals surface area contributed by atoms with Gasteiger partial charge in [-0.3, -0.25) is 4.79 Å². The number of benzene rings is 2. The van der Waals surface area contributed by atoms with Crippen LogP contribution in [0.5, 0.6) is 5.88 Å². The number of aromatic nitrogens is 1. The van der Waals surface area contributed by atoms with Gasteiger partial charge in [0.05, 0.1) is 17.8 Å². The van der Waals surface area contributed by atoms with Crippen LogP contribution < -0.4 is 10.1 Å². The molecule has 0 aliphatic heterocycles. The number of anilines is 1. The normalized spacial score (nSPS) is 16.0. The molecule has 0 bridgehead atoms. The fourth-order valence-electron chi connectivity index (χ4n) is 4.07. The summed E-state index contributed by atoms with van der Waals surface area (Å²) in [5.74, 6) is 0.478. The van der Waals surface area contributed by atoms with Crippen molar-refractivity contribution in [3.05, 3.63) is 89.6 Å². The molecule has 3 aromatic rings. The molecule has 4 rings (SSSR count). The number of nitrogens with one attached hydrogen (secondary N) is 1. The van der Waals surface area contributed by atoms with Gasteiger partial charge in [-0.1, -0.05) is 54.6 Å². The summed E-state index contributed by atoms with van der Waals surface area (Å²) in [7, 11) is 4.11. The number of amides is 1. The molecule has 0 spiro atoms. The zero-order valence-corrected chi connectivity index (χ0v) is 18.1. The molecule has 5 heteroatoms. The largest absolute Gasteiger partial charge is 0.469 e. The number of hydrogen-bond acceptors (Lipinski definition) is 4. The third-order valence-corrected chi connectivity index (χ3v) is 5.73. The first-order valence-corrected chi connectivity index (χ1v) is 10.8. The first-order valence-electron chi connectivity index (χ1n) is 10.8. The van der Waals surface area contributed by atoms with Crippen molar-refractivity contribution in [2.45, 2.75) is 31.3 Å². The van der Waals surface area contributed by atoms with Gasteiger partial charge in [-0.15, -0.1) is 0 Å². The molecular formula is C26H29N3O2. The van der Waals surface area contributed by atoms with E-state index in [2.05, 4.69) is 53.6 Å². The van der Waals surface area contributed by atoms with E-state index in [9.17, 15) is 4.79 Å². The van der Waals surface area contributed by atoms with E-state index in [1.54, 1.807) is 6.20 Å². The molecule has 0 radical (unpaired) electrons. The average Bonchev–Trinajstić information content (AvgIpc) is 3.22. The fraction of sp³-hybridized carbons (Fsp3) is 0.308. The standard InChI is InChI=1S/C26H29N3O2/c1-29(2)17-16-24(20-9-4-3-5-10-20)31-25-15-13-21(18-27-25)28-26(30)23-14-12-19-8-6-7-11-22(19)23/h3-11,13,15,18,23-24H,12,14,16-17H2,1-2H3,(H,28,30). The Morgan fingerprint density at radius 2 is 1.87 bits per heavy atom. The van der Waals surface area contributed by atoms with Crippen LogP contribution in [0.4, 0.5) is 5.69 Å². The molecule has 1 aliphatic rings. The SMILES string of the molecule is CN(C)CCC(Oc1ccc(NC(=O)C2CCc3ccccc32)cn1)c1ccccc1. The number of fused-ring (bicyclic) bond motifs is 1. The molecule has 2 aromatic carbocycles. The lowest BCUT2D eigenvalue weighted by molar-refractivity contribution is -0.117. The number of ether oxygens (including phenoxy) is 1. The van der Waals surface area contributed by atoms with Gasteiger partial charge in [0.25, 0.3) is 0 Å². The lowest BCUT2D eigenvalue weighted by Crippen LogP contribution is -2.20. The van der Waals surface area contributed by atoms with E-state index in [0.717, 1.165) is 36.9 Å². The summed E-state index contributed by atoms with van der Waals surface area (Å²) in [6, 6.07) is 22.1. The molecule has 0 saturated heterocycles. The maximum atomic E-state index is 12.8. The van der Waals surface area contributed by atoms with Gasteiger partial charge >= 0.3 is 0 Å². The van der Waals surface area contributed by atoms with Crippen molar-refractivity contribution in [2.24, 2.45) is 0 Å². The van der Waals surface area contributed by atoms with Gasteiger partial charge in [0.1, 0.15) is 6.10 Å². The van der Waals surface area contributed by atoms with Gasteiger partial charge in [-0.25, -0.2) is 4.98 Å². The molecule has 1 heterocycles. The Morgan fingerprint density at radius 1 is 1.10 bits per heavy atom. The van der Waals surface area contributed by atoms with Crippen LogP contribution in [0.25, 0.3) is 0 Å². The van der Waals surface area contributed by atoms with Crippen molar-refractivity contribution in [1.29, 1.82) is 0 Å². The Kier molecular flexibility index (Phi) is 6.63. The van der Waals surface area contributed by atoms with Crippen LogP contribution in [0.3, 0.4) is 0 Å². The highest BCUT2D eigenvalue weighted by Crippen LogP contribution is 2.33. The molecule has 160 valence electrons. The number of nitrogens with zero attached hydrogens (tertiary/aromatic N) is 2. The predicted molar refractivity (Wildman–Crippen MR) is 123 cm³/mol. The van der Waals surface area contributed by atoms with E-state index in [-0.39, 0.29) is 17.9 Å². The Labute approximate surface area is 184 Å². The molecule has 5 nitrogen and oxygen atoms in total. The van der Waals surface area contributed by atoms with E-state index in [4.69, 9.17) is 4.74 Å². The van der Waals surface area contributed by atoms with Crippen LogP contribution in [0.2, 0.25) is 0 Å². The third kappa shape index (κ3) is 5.30. The minimum absolute atomic E-state index is 0.0218. The summed E-state index contributed by atoms with van der Waals surface area (Å²) in [4.78, 5) is 19.4. The Morgan fingerprint density at radius 3 is 2.61 bits per heavy atom. The monoisotopic (exact) mass is 415 g/mol. The molecule has 1 aromatic heterocycles. The summed E-state index contributed by atoms with van der Waals surface area (Å²) in [5.41, 5.74) is 4.23. The number of rotatable bonds is 8. The molecule has 0 saturated carbocycles. The lowest BCUT2D eigenvalue weighted by atomic mass is 10.0. The Bertz CT molecular complexity index is 1000. The van der Waals surface area contributed by atoms with Crippen LogP contribution in [0.15, 0.2) is 72.9 Å². The van der Waals surface area contributed by atoms with Crippen LogP contribution in [0, 0.1) is 0 Å². The number of hydrogen-bond donors (Lipinski definition) is 1. The van der Waals surface area contributed by atoms with Crippen molar-refractivity contribution in [3.63, 3.8) is 0 Å². The highest BCUT2D eigenvalue weighted by molar-refractivity contribution is 5.96. The third-order valence-electron chi connectivity index (χ3n) is 5.73. The van der Waals surface area contributed by atoms with E-state index >= 15 is 0 Å². The Balaban J connectivity index is 1.41. The smallest absolute Gasteiger partial charge is 0.231 e. The average molecular weight is 416 g/mol. The molecule has 1 amide bonds. The molecule has 2 unspecified atom stereocenters. The van der Waals surface area contributed by atoms with Crippen LogP contribution >= 0.6 is 0 Å². The topological polar surface area (TPSA) is 54.5 Å². The quantitative estimate of drug-likeness (QED) is 0.573. The maximum absolute atomic E-state index is 12.8. The number of pyridine rings is 1. The van der Waals surface area contributed by atoms with Crippen molar-refractivity contribution in [3.8, 4) is 5.88 Å². The summed E-state index contributed by atoms with van der Waals surface area (Å²) < 4.78 is 6.21. The van der Waals surface area contributed by atoms with Gasteiger partial charge in [-0.05, 0) is 49.7 Å². The molecule has 1 N–H and O–H groups in total. The van der Waals surface area contributed by atoms with Crippen molar-refractivity contribution < 1.29 is 9.53 Å². The molecule has 1 aliphatic carbocycles. The van der Waals surface area contributed by atoms with Crippen molar-refractivity contribution in [2.75, 3.05) is 26.0 Å². The second-order valence-corrected chi connectivity index (χ2v) is 8.27. The van der Waals surface area contributed by atoms with Crippen LogP contribution in [0.1, 0.15) is 41.6 Å². The first kappa shape index (κ1) is 21.1. The first-order chi connectivity index (χ1) is 15.1. The minimum atomic E-state index is -0.0966. The van der Waals surface area contributed by atoms with Gasteiger partial charge in [0, 0.05) is 19.0 Å². The van der Waals surface area contributed by atoms with E-state index in [0.29, 0.717) is 11.6 Å². The highest BCUT2D eigenvalue weighted by atomic mass is 16.5. The fourth-order valence-corrected chi connectivity index (χ4v) is 4.07. The van der Waals surface area contributed by atoms with Crippen molar-refractivity contribution >= 4 is 11.6 Å². The summed E-state index contributed by atoms with van der Waals surface area (Å²) in [6.07, 6.45) is 4.25. The van der Waals surface area contributed by atoms with E-state index in [1.807, 2.05) is 42.5 Å². The second-order valence-electron chi connectivity index (χ2n) is 8.27. The minimum Gasteiger partial charge on any atom is -0.469 e. The van der Waals surface area contributed by atoms with Gasteiger partial charge in [0.15, 0.2) is 0 Å². The molecule has 2 atom stereocenters. The summed E-state index contributed by atoms with van der Waals surface area (Å²) in [5, 5.41) is 3.01. The number of carbonyl (C=O) groups excluding carboxylic acids is 1. The highest BCUT2D eigenvalue weighted by Gasteiger charge is 2.28. The number of carbonyl (C=O) groups is 1. The van der Waals surface area contributed by atoms with Gasteiger partial charge < -0.3 is 15.0 Å². The lowest BCUT2D eigenvalue weighted by Gasteiger charge is -2.21. The number of aryl methyl sites for hydroxylation is 1. The summed E-state index contributed by atoms with van der Waals surface area (Å²) >= 11 is 0.